The number of nitrogens with zero attached hydrogens (tertiary/aromatic N) is 3. The fraction of sp³-hybridized carbons (Fsp3) is 0.0769. The molecule has 0 fully saturated rings. The van der Waals surface area contributed by atoms with E-state index in [4.69, 9.17) is 30.6 Å². The number of benzene rings is 3. The lowest BCUT2D eigenvalue weighted by atomic mass is 10.2. The molecule has 0 aliphatic heterocycles. The van der Waals surface area contributed by atoms with Gasteiger partial charge in [0.25, 0.3) is 5.56 Å². The van der Waals surface area contributed by atoms with E-state index in [1.807, 2.05) is 0 Å². The van der Waals surface area contributed by atoms with Crippen LogP contribution in [0.1, 0.15) is 5.56 Å². The average Bonchev–Trinajstić information content (AvgIpc) is 3.30. The maximum atomic E-state index is 13.4. The van der Waals surface area contributed by atoms with E-state index in [0.29, 0.717) is 38.6 Å². The maximum absolute atomic E-state index is 13.4. The first-order chi connectivity index (χ1) is 17.4. The van der Waals surface area contributed by atoms with Gasteiger partial charge < -0.3 is 19.0 Å². The van der Waals surface area contributed by atoms with Gasteiger partial charge in [-0.2, -0.15) is 9.78 Å². The van der Waals surface area contributed by atoms with Gasteiger partial charge in [0.05, 0.1) is 24.2 Å². The molecule has 2 heterocycles. The number of carboxylic acid groups (broad SMARTS) is 1. The molecule has 0 aliphatic carbocycles. The molecule has 36 heavy (non-hydrogen) atoms. The number of aliphatic carboxylic acids is 1. The van der Waals surface area contributed by atoms with Crippen molar-refractivity contribution in [3.05, 3.63) is 87.7 Å². The summed E-state index contributed by atoms with van der Waals surface area (Å²) in [5, 5.41) is 15.1. The van der Waals surface area contributed by atoms with Crippen molar-refractivity contribution < 1.29 is 23.8 Å². The van der Waals surface area contributed by atoms with Crippen molar-refractivity contribution in [1.82, 2.24) is 9.66 Å². The number of methoxy groups -OCH3 is 1. The van der Waals surface area contributed by atoms with E-state index < -0.39 is 18.1 Å². The molecular weight excluding hydrogens is 486 g/mol. The minimum atomic E-state index is -1.15. The number of hydrogen-bond acceptors (Lipinski definition) is 7. The molecule has 0 unspecified atom stereocenters. The van der Waals surface area contributed by atoms with E-state index in [0.717, 1.165) is 10.1 Å². The van der Waals surface area contributed by atoms with E-state index in [1.54, 1.807) is 66.7 Å². The molecule has 180 valence electrons. The summed E-state index contributed by atoms with van der Waals surface area (Å²) in [5.74, 6) is -0.157. The van der Waals surface area contributed by atoms with E-state index in [2.05, 4.69) is 10.1 Å². The molecule has 0 spiro atoms. The van der Waals surface area contributed by atoms with Crippen molar-refractivity contribution in [2.24, 2.45) is 5.10 Å². The highest BCUT2D eigenvalue weighted by molar-refractivity contribution is 6.31. The highest BCUT2D eigenvalue weighted by Gasteiger charge is 2.17. The van der Waals surface area contributed by atoms with Crippen LogP contribution in [0.5, 0.6) is 11.5 Å². The van der Waals surface area contributed by atoms with E-state index in [1.165, 1.54) is 13.3 Å². The van der Waals surface area contributed by atoms with Crippen molar-refractivity contribution in [2.45, 2.75) is 0 Å². The molecule has 9 nitrogen and oxygen atoms in total. The molecule has 1 N–H and O–H groups in total. The smallest absolute Gasteiger partial charge is 0.341 e. The molecule has 2 aromatic heterocycles. The lowest BCUT2D eigenvalue weighted by molar-refractivity contribution is -0.139. The first-order valence-corrected chi connectivity index (χ1v) is 11.1. The third-order valence-electron chi connectivity index (χ3n) is 5.33. The molecule has 0 bridgehead atoms. The number of hydrogen-bond donors (Lipinski definition) is 1. The molecule has 5 aromatic rings. The Balaban J connectivity index is 1.68. The Bertz CT molecular complexity index is 1710. The summed E-state index contributed by atoms with van der Waals surface area (Å²) in [6, 6.07) is 18.8. The highest BCUT2D eigenvalue weighted by Crippen LogP contribution is 2.31. The third-order valence-corrected chi connectivity index (χ3v) is 5.57. The fourth-order valence-corrected chi connectivity index (χ4v) is 3.90. The van der Waals surface area contributed by atoms with Crippen LogP contribution in [-0.2, 0) is 4.79 Å². The normalized spacial score (nSPS) is 11.4. The first kappa shape index (κ1) is 23.1. The minimum Gasteiger partial charge on any atom is -0.493 e. The summed E-state index contributed by atoms with van der Waals surface area (Å²) in [7, 11) is 1.44. The Hall–Kier alpha value is -4.63. The van der Waals surface area contributed by atoms with E-state index >= 15 is 0 Å². The van der Waals surface area contributed by atoms with Crippen LogP contribution in [-0.4, -0.2) is 40.7 Å². The van der Waals surface area contributed by atoms with Crippen molar-refractivity contribution in [3.63, 3.8) is 0 Å². The Morgan fingerprint density at radius 2 is 2.00 bits per heavy atom. The first-order valence-electron chi connectivity index (χ1n) is 10.7. The molecule has 0 atom stereocenters. The number of aromatic nitrogens is 2. The number of carbonyl (C=O) groups is 1. The number of rotatable bonds is 7. The molecule has 0 saturated carbocycles. The predicted molar refractivity (Wildman–Crippen MR) is 135 cm³/mol. The van der Waals surface area contributed by atoms with Gasteiger partial charge in [-0.25, -0.2) is 9.78 Å². The zero-order chi connectivity index (χ0) is 25.2. The van der Waals surface area contributed by atoms with Gasteiger partial charge in [0, 0.05) is 16.0 Å². The van der Waals surface area contributed by atoms with Crippen LogP contribution in [0.3, 0.4) is 0 Å². The molecule has 10 heteroatoms. The van der Waals surface area contributed by atoms with Gasteiger partial charge >= 0.3 is 5.97 Å². The lowest BCUT2D eigenvalue weighted by Crippen LogP contribution is -2.20. The number of fused-ring (bicyclic) bond motifs is 2. The average molecular weight is 504 g/mol. The number of ether oxygens (including phenoxy) is 2. The Kier molecular flexibility index (Phi) is 6.14. The second-order valence-electron chi connectivity index (χ2n) is 7.67. The van der Waals surface area contributed by atoms with Crippen LogP contribution in [0.4, 0.5) is 0 Å². The van der Waals surface area contributed by atoms with Crippen LogP contribution in [0.25, 0.3) is 33.5 Å². The largest absolute Gasteiger partial charge is 0.493 e. The summed E-state index contributed by atoms with van der Waals surface area (Å²) in [6.07, 6.45) is 1.38. The van der Waals surface area contributed by atoms with Crippen molar-refractivity contribution in [1.29, 1.82) is 0 Å². The Morgan fingerprint density at radius 1 is 1.17 bits per heavy atom. The van der Waals surface area contributed by atoms with Crippen LogP contribution < -0.4 is 15.0 Å². The van der Waals surface area contributed by atoms with E-state index in [-0.39, 0.29) is 11.6 Å². The van der Waals surface area contributed by atoms with Gasteiger partial charge in [0.15, 0.2) is 23.9 Å². The second kappa shape index (κ2) is 9.55. The molecule has 5 rings (SSSR count). The topological polar surface area (TPSA) is 116 Å². The Morgan fingerprint density at radius 3 is 2.81 bits per heavy atom. The van der Waals surface area contributed by atoms with Crippen LogP contribution in [0.15, 0.2) is 81.0 Å². The zero-order valence-corrected chi connectivity index (χ0v) is 19.6. The van der Waals surface area contributed by atoms with Crippen LogP contribution in [0.2, 0.25) is 5.02 Å². The quantitative estimate of drug-likeness (QED) is 0.316. The maximum Gasteiger partial charge on any atom is 0.341 e. The van der Waals surface area contributed by atoms with Gasteiger partial charge in [-0.3, -0.25) is 4.79 Å². The number of furan rings is 1. The monoisotopic (exact) mass is 503 g/mol. The van der Waals surface area contributed by atoms with Crippen LogP contribution >= 0.6 is 11.6 Å². The van der Waals surface area contributed by atoms with Gasteiger partial charge in [-0.05, 0) is 48.5 Å². The van der Waals surface area contributed by atoms with Crippen molar-refractivity contribution >= 4 is 45.7 Å². The second-order valence-corrected chi connectivity index (χ2v) is 8.10. The zero-order valence-electron chi connectivity index (χ0n) is 18.8. The molecule has 0 radical (unpaired) electrons. The summed E-state index contributed by atoms with van der Waals surface area (Å²) in [6.45, 7) is -0.578. The van der Waals surface area contributed by atoms with E-state index in [9.17, 15) is 9.59 Å². The number of para-hydroxylation sites is 2. The van der Waals surface area contributed by atoms with Gasteiger partial charge in [-0.15, -0.1) is 0 Å². The fourth-order valence-electron chi connectivity index (χ4n) is 3.72. The van der Waals surface area contributed by atoms with Crippen molar-refractivity contribution in [2.75, 3.05) is 13.7 Å². The highest BCUT2D eigenvalue weighted by atomic mass is 35.5. The van der Waals surface area contributed by atoms with Crippen molar-refractivity contribution in [3.8, 4) is 23.1 Å². The number of carboxylic acids is 1. The van der Waals surface area contributed by atoms with Gasteiger partial charge in [0.2, 0.25) is 5.82 Å². The summed E-state index contributed by atoms with van der Waals surface area (Å²) < 4.78 is 17.8. The van der Waals surface area contributed by atoms with Crippen LogP contribution in [0, 0.1) is 0 Å². The SMILES string of the molecule is COc1cccc(C=Nn2c(-c3cc4cc(Cl)ccc4o3)nc3ccccc3c2=O)c1OCC(=O)O. The van der Waals surface area contributed by atoms with Gasteiger partial charge in [-0.1, -0.05) is 29.8 Å². The molecule has 0 aliphatic rings. The summed E-state index contributed by atoms with van der Waals surface area (Å²) in [4.78, 5) is 29.1. The standard InChI is InChI=1S/C26H18ClN3O6/c1-34-21-8-4-5-15(24(21)35-14-23(31)32)13-28-30-25(29-19-7-3-2-6-18(19)26(30)33)22-12-16-11-17(27)9-10-20(16)36-22/h2-13H,14H2,1H3,(H,31,32). The minimum absolute atomic E-state index is 0.174. The third kappa shape index (κ3) is 4.39. The molecule has 0 amide bonds. The number of halogens is 1. The van der Waals surface area contributed by atoms with Gasteiger partial charge in [0.1, 0.15) is 5.58 Å². The molecule has 0 saturated heterocycles. The lowest BCUT2D eigenvalue weighted by Gasteiger charge is -2.12. The predicted octanol–water partition coefficient (Wildman–Crippen LogP) is 4.82. The Labute approximate surface area is 208 Å². The molecular formula is C26H18ClN3O6. The summed E-state index contributed by atoms with van der Waals surface area (Å²) >= 11 is 6.12. The summed E-state index contributed by atoms with van der Waals surface area (Å²) in [5.41, 5.74) is 1.04. The molecule has 3 aromatic carbocycles.